The van der Waals surface area contributed by atoms with Crippen LogP contribution in [-0.4, -0.2) is 24.0 Å². The second kappa shape index (κ2) is 8.82. The molecule has 0 saturated heterocycles. The summed E-state index contributed by atoms with van der Waals surface area (Å²) < 4.78 is 11.8. The zero-order chi connectivity index (χ0) is 23.8. The summed E-state index contributed by atoms with van der Waals surface area (Å²) in [5.74, 6) is 0.594. The van der Waals surface area contributed by atoms with Crippen LogP contribution in [0.15, 0.2) is 75.9 Å². The van der Waals surface area contributed by atoms with E-state index in [0.717, 1.165) is 22.3 Å². The van der Waals surface area contributed by atoms with Gasteiger partial charge in [-0.3, -0.25) is 9.59 Å². The average molecular weight is 454 g/mol. The summed E-state index contributed by atoms with van der Waals surface area (Å²) in [4.78, 5) is 29.2. The van der Waals surface area contributed by atoms with Gasteiger partial charge in [0.15, 0.2) is 5.43 Å². The van der Waals surface area contributed by atoms with Crippen molar-refractivity contribution in [3.05, 3.63) is 111 Å². The van der Waals surface area contributed by atoms with Crippen LogP contribution in [0.25, 0.3) is 11.0 Å². The van der Waals surface area contributed by atoms with E-state index >= 15 is 0 Å². The van der Waals surface area contributed by atoms with Gasteiger partial charge in [0.25, 0.3) is 5.91 Å². The van der Waals surface area contributed by atoms with Crippen LogP contribution in [0.5, 0.6) is 5.75 Å². The summed E-state index contributed by atoms with van der Waals surface area (Å²) in [5, 5.41) is 0.505. The largest absolute Gasteiger partial charge is 0.494 e. The van der Waals surface area contributed by atoms with Crippen molar-refractivity contribution in [3.63, 3.8) is 0 Å². The molecule has 0 bridgehead atoms. The van der Waals surface area contributed by atoms with Crippen molar-refractivity contribution in [2.24, 2.45) is 0 Å². The van der Waals surface area contributed by atoms with Crippen LogP contribution in [0, 0.1) is 13.8 Å². The first-order valence-corrected chi connectivity index (χ1v) is 11.6. The lowest BCUT2D eigenvalue weighted by atomic mass is 9.97. The highest BCUT2D eigenvalue weighted by Gasteiger charge is 2.42. The van der Waals surface area contributed by atoms with Crippen molar-refractivity contribution in [1.82, 2.24) is 4.90 Å². The molecule has 0 aliphatic carbocycles. The minimum atomic E-state index is -0.533. The molecular weight excluding hydrogens is 426 g/mol. The minimum absolute atomic E-state index is 0.139. The monoisotopic (exact) mass is 453 g/mol. The molecule has 0 unspecified atom stereocenters. The van der Waals surface area contributed by atoms with E-state index < -0.39 is 6.04 Å². The minimum Gasteiger partial charge on any atom is -0.494 e. The van der Waals surface area contributed by atoms with Crippen molar-refractivity contribution in [1.29, 1.82) is 0 Å². The molecule has 34 heavy (non-hydrogen) atoms. The number of nitrogens with zero attached hydrogens (tertiary/aromatic N) is 1. The Morgan fingerprint density at radius 2 is 1.71 bits per heavy atom. The summed E-state index contributed by atoms with van der Waals surface area (Å²) in [5.41, 5.74) is 4.70. The predicted molar refractivity (Wildman–Crippen MR) is 133 cm³/mol. The maximum absolute atomic E-state index is 13.8. The van der Waals surface area contributed by atoms with Gasteiger partial charge in [0.2, 0.25) is 5.76 Å². The molecular formula is C29H27NO4. The highest BCUT2D eigenvalue weighted by atomic mass is 16.5. The number of rotatable bonds is 6. The number of carbonyl (C=O) groups is 1. The average Bonchev–Trinajstić information content (AvgIpc) is 3.12. The van der Waals surface area contributed by atoms with Gasteiger partial charge in [-0.1, -0.05) is 42.5 Å². The molecule has 5 rings (SSSR count). The number of ether oxygens (including phenoxy) is 1. The van der Waals surface area contributed by atoms with Gasteiger partial charge in [-0.05, 0) is 73.7 Å². The fourth-order valence-corrected chi connectivity index (χ4v) is 4.69. The van der Waals surface area contributed by atoms with Gasteiger partial charge < -0.3 is 14.1 Å². The quantitative estimate of drug-likeness (QED) is 0.381. The van der Waals surface area contributed by atoms with Gasteiger partial charge in [-0.25, -0.2) is 0 Å². The third-order valence-corrected chi connectivity index (χ3v) is 6.55. The molecule has 1 aliphatic rings. The normalized spacial score (nSPS) is 15.1. The highest BCUT2D eigenvalue weighted by molar-refractivity contribution is 5.99. The van der Waals surface area contributed by atoms with Crippen molar-refractivity contribution >= 4 is 16.9 Å². The number of aryl methyl sites for hydroxylation is 2. The van der Waals surface area contributed by atoms with E-state index in [1.165, 1.54) is 0 Å². The molecule has 1 aromatic heterocycles. The third-order valence-electron chi connectivity index (χ3n) is 6.55. The Kier molecular flexibility index (Phi) is 5.70. The predicted octanol–water partition coefficient (Wildman–Crippen LogP) is 5.60. The van der Waals surface area contributed by atoms with Crippen molar-refractivity contribution in [2.75, 3.05) is 13.2 Å². The zero-order valence-electron chi connectivity index (χ0n) is 19.6. The Bertz CT molecular complexity index is 1440. The molecule has 0 N–H and O–H groups in total. The van der Waals surface area contributed by atoms with E-state index in [2.05, 4.69) is 0 Å². The molecule has 0 spiro atoms. The lowest BCUT2D eigenvalue weighted by Gasteiger charge is -2.25. The molecule has 1 amide bonds. The summed E-state index contributed by atoms with van der Waals surface area (Å²) in [7, 11) is 0. The summed E-state index contributed by atoms with van der Waals surface area (Å²) in [6.07, 6.45) is 0.675. The molecule has 5 nitrogen and oxygen atoms in total. The van der Waals surface area contributed by atoms with E-state index in [1.807, 2.05) is 87.5 Å². The number of amides is 1. The summed E-state index contributed by atoms with van der Waals surface area (Å²) in [6, 6.07) is 20.8. The first kappa shape index (κ1) is 22.0. The van der Waals surface area contributed by atoms with Gasteiger partial charge in [0.1, 0.15) is 11.3 Å². The second-order valence-electron chi connectivity index (χ2n) is 8.75. The number of carbonyl (C=O) groups excluding carboxylic acids is 1. The smallest absolute Gasteiger partial charge is 0.290 e. The summed E-state index contributed by atoms with van der Waals surface area (Å²) in [6.45, 7) is 6.87. The maximum Gasteiger partial charge on any atom is 0.290 e. The molecule has 1 aliphatic heterocycles. The molecule has 0 fully saturated rings. The first-order chi connectivity index (χ1) is 16.5. The maximum atomic E-state index is 13.8. The van der Waals surface area contributed by atoms with Crippen LogP contribution in [-0.2, 0) is 6.42 Å². The number of fused-ring (bicyclic) bond motifs is 2. The molecule has 2 heterocycles. The van der Waals surface area contributed by atoms with Gasteiger partial charge in [0.05, 0.1) is 23.6 Å². The van der Waals surface area contributed by atoms with Crippen LogP contribution in [0.3, 0.4) is 0 Å². The standard InChI is InChI=1S/C29H27NO4/c1-4-33-22-12-8-11-21(17-22)26-25-27(31)23-15-18(2)19(3)16-24(23)34-28(25)29(32)30(26)14-13-20-9-6-5-7-10-20/h5-12,15-17,26H,4,13-14H2,1-3H3/t26-/m1/s1. The molecule has 0 radical (unpaired) electrons. The Labute approximate surface area is 198 Å². The molecule has 1 atom stereocenters. The van der Waals surface area contributed by atoms with Gasteiger partial charge in [-0.2, -0.15) is 0 Å². The van der Waals surface area contributed by atoms with Crippen molar-refractivity contribution < 1.29 is 13.9 Å². The lowest BCUT2D eigenvalue weighted by molar-refractivity contribution is 0.0730. The molecule has 4 aromatic rings. The van der Waals surface area contributed by atoms with E-state index in [1.54, 1.807) is 4.90 Å². The topological polar surface area (TPSA) is 59.8 Å². The van der Waals surface area contributed by atoms with Crippen molar-refractivity contribution in [2.45, 2.75) is 33.2 Å². The van der Waals surface area contributed by atoms with E-state index in [9.17, 15) is 9.59 Å². The van der Waals surface area contributed by atoms with Gasteiger partial charge in [0, 0.05) is 6.54 Å². The number of hydrogen-bond donors (Lipinski definition) is 0. The van der Waals surface area contributed by atoms with E-state index in [4.69, 9.17) is 9.15 Å². The fourth-order valence-electron chi connectivity index (χ4n) is 4.69. The van der Waals surface area contributed by atoms with Crippen LogP contribution >= 0.6 is 0 Å². The fraction of sp³-hybridized carbons (Fsp3) is 0.241. The van der Waals surface area contributed by atoms with Crippen molar-refractivity contribution in [3.8, 4) is 5.75 Å². The molecule has 172 valence electrons. The van der Waals surface area contributed by atoms with E-state index in [-0.39, 0.29) is 17.1 Å². The SMILES string of the molecule is CCOc1cccc([C@@H]2c3c(oc4cc(C)c(C)cc4c3=O)C(=O)N2CCc2ccccc2)c1. The van der Waals surface area contributed by atoms with Crippen LogP contribution in [0.4, 0.5) is 0 Å². The van der Waals surface area contributed by atoms with E-state index in [0.29, 0.717) is 41.9 Å². The first-order valence-electron chi connectivity index (χ1n) is 11.6. The molecule has 5 heteroatoms. The lowest BCUT2D eigenvalue weighted by Crippen LogP contribution is -2.31. The second-order valence-corrected chi connectivity index (χ2v) is 8.75. The van der Waals surface area contributed by atoms with Gasteiger partial charge in [-0.15, -0.1) is 0 Å². The Morgan fingerprint density at radius 1 is 0.941 bits per heavy atom. The molecule has 3 aromatic carbocycles. The van der Waals surface area contributed by atoms with Crippen LogP contribution in [0.1, 0.15) is 51.3 Å². The Hall–Kier alpha value is -3.86. The van der Waals surface area contributed by atoms with Gasteiger partial charge >= 0.3 is 0 Å². The molecule has 0 saturated carbocycles. The third kappa shape index (κ3) is 3.77. The Balaban J connectivity index is 1.67. The number of benzene rings is 3. The summed E-state index contributed by atoms with van der Waals surface area (Å²) >= 11 is 0. The highest BCUT2D eigenvalue weighted by Crippen LogP contribution is 2.39. The number of hydrogen-bond acceptors (Lipinski definition) is 4. The van der Waals surface area contributed by atoms with Crippen LogP contribution in [0.2, 0.25) is 0 Å². The van der Waals surface area contributed by atoms with Crippen LogP contribution < -0.4 is 10.2 Å². The zero-order valence-corrected chi connectivity index (χ0v) is 19.6. The Morgan fingerprint density at radius 3 is 2.47 bits per heavy atom.